The molecule has 1 nitrogen and oxygen atoms in total. The van der Waals surface area contributed by atoms with Crippen molar-refractivity contribution in [3.05, 3.63) is 13.2 Å². The first-order chi connectivity index (χ1) is 5.33. The van der Waals surface area contributed by atoms with E-state index >= 15 is 0 Å². The summed E-state index contributed by atoms with van der Waals surface area (Å²) in [6.45, 7) is 9.25. The summed E-state index contributed by atoms with van der Waals surface area (Å²) in [7, 11) is 0. The van der Waals surface area contributed by atoms with E-state index in [1.807, 2.05) is 0 Å². The second kappa shape index (κ2) is 6.41. The number of hydrogen-bond acceptors (Lipinski definition) is 1. The van der Waals surface area contributed by atoms with Gasteiger partial charge in [-0.1, -0.05) is 19.8 Å². The van der Waals surface area contributed by atoms with E-state index in [4.69, 9.17) is 5.73 Å². The molecule has 1 saturated carbocycles. The molecule has 1 fully saturated rings. The molecule has 0 spiro atoms. The summed E-state index contributed by atoms with van der Waals surface area (Å²) in [5, 5.41) is 0. The van der Waals surface area contributed by atoms with Gasteiger partial charge in [0.15, 0.2) is 0 Å². The molecular weight excluding hydrogens is 134 g/mol. The van der Waals surface area contributed by atoms with Gasteiger partial charge in [-0.15, -0.1) is 13.2 Å². The van der Waals surface area contributed by atoms with Gasteiger partial charge in [0.25, 0.3) is 0 Å². The van der Waals surface area contributed by atoms with Crippen molar-refractivity contribution >= 4 is 0 Å². The highest BCUT2D eigenvalue weighted by Gasteiger charge is 2.15. The molecule has 1 aliphatic rings. The highest BCUT2D eigenvalue weighted by atomic mass is 14.5. The highest BCUT2D eigenvalue weighted by Crippen LogP contribution is 2.26. The van der Waals surface area contributed by atoms with Gasteiger partial charge in [0.2, 0.25) is 0 Å². The second-order valence-corrected chi connectivity index (χ2v) is 3.36. The fourth-order valence-electron chi connectivity index (χ4n) is 1.56. The molecule has 0 aromatic rings. The Bertz CT molecular complexity index is 82.9. The van der Waals surface area contributed by atoms with Gasteiger partial charge in [0, 0.05) is 0 Å². The Morgan fingerprint density at radius 3 is 2.00 bits per heavy atom. The lowest BCUT2D eigenvalue weighted by Crippen LogP contribution is -2.20. The average molecular weight is 155 g/mol. The van der Waals surface area contributed by atoms with E-state index < -0.39 is 0 Å². The van der Waals surface area contributed by atoms with E-state index in [0.717, 1.165) is 18.4 Å². The van der Waals surface area contributed by atoms with Gasteiger partial charge in [-0.05, 0) is 31.2 Å². The maximum absolute atomic E-state index is 5.55. The first-order valence-electron chi connectivity index (χ1n) is 4.53. The van der Waals surface area contributed by atoms with Gasteiger partial charge in [0.1, 0.15) is 0 Å². The third-order valence-corrected chi connectivity index (χ3v) is 2.47. The molecule has 11 heavy (non-hydrogen) atoms. The molecule has 1 heteroatoms. The predicted octanol–water partition coefficient (Wildman–Crippen LogP) is 2.57. The molecule has 0 atom stereocenters. The molecule has 0 radical (unpaired) electrons. The van der Waals surface area contributed by atoms with Gasteiger partial charge in [-0.3, -0.25) is 0 Å². The van der Waals surface area contributed by atoms with Crippen LogP contribution in [0.1, 0.15) is 32.6 Å². The van der Waals surface area contributed by atoms with Crippen LogP contribution < -0.4 is 5.73 Å². The molecule has 0 unspecified atom stereocenters. The van der Waals surface area contributed by atoms with Crippen LogP contribution in [0, 0.1) is 11.8 Å². The SMILES string of the molecule is C=C.CC1CCC(CN)CC1. The van der Waals surface area contributed by atoms with Crippen molar-refractivity contribution in [2.45, 2.75) is 32.6 Å². The van der Waals surface area contributed by atoms with Gasteiger partial charge in [0.05, 0.1) is 0 Å². The Morgan fingerprint density at radius 1 is 1.18 bits per heavy atom. The molecule has 0 saturated heterocycles. The normalized spacial score (nSPS) is 30.4. The molecule has 0 amide bonds. The third-order valence-electron chi connectivity index (χ3n) is 2.47. The molecule has 0 aliphatic heterocycles. The van der Waals surface area contributed by atoms with Crippen LogP contribution >= 0.6 is 0 Å². The van der Waals surface area contributed by atoms with Crippen molar-refractivity contribution in [3.63, 3.8) is 0 Å². The average Bonchev–Trinajstić information content (AvgIpc) is 2.10. The lowest BCUT2D eigenvalue weighted by molar-refractivity contribution is 0.296. The largest absolute Gasteiger partial charge is 0.330 e. The summed E-state index contributed by atoms with van der Waals surface area (Å²) >= 11 is 0. The van der Waals surface area contributed by atoms with Crippen LogP contribution in [0.15, 0.2) is 13.2 Å². The van der Waals surface area contributed by atoms with Crippen LogP contribution in [0.2, 0.25) is 0 Å². The number of nitrogens with two attached hydrogens (primary N) is 1. The minimum atomic E-state index is 0.848. The Labute approximate surface area is 70.7 Å². The van der Waals surface area contributed by atoms with Crippen LogP contribution in [0.5, 0.6) is 0 Å². The van der Waals surface area contributed by atoms with Crippen LogP contribution in [0.25, 0.3) is 0 Å². The standard InChI is InChI=1S/C8H17N.C2H4/c1-7-2-4-8(6-9)5-3-7;1-2/h7-8H,2-6,9H2,1H3;1-2H2. The quantitative estimate of drug-likeness (QED) is 0.579. The fourth-order valence-corrected chi connectivity index (χ4v) is 1.56. The maximum atomic E-state index is 5.55. The zero-order valence-corrected chi connectivity index (χ0v) is 7.68. The summed E-state index contributed by atoms with van der Waals surface area (Å²) in [5.41, 5.74) is 5.55. The Morgan fingerprint density at radius 2 is 1.64 bits per heavy atom. The van der Waals surface area contributed by atoms with E-state index in [9.17, 15) is 0 Å². The monoisotopic (exact) mass is 155 g/mol. The van der Waals surface area contributed by atoms with Gasteiger partial charge < -0.3 is 5.73 Å². The number of rotatable bonds is 1. The summed E-state index contributed by atoms with van der Waals surface area (Å²) in [5.74, 6) is 1.81. The summed E-state index contributed by atoms with van der Waals surface area (Å²) in [6, 6.07) is 0. The van der Waals surface area contributed by atoms with E-state index in [1.54, 1.807) is 0 Å². The highest BCUT2D eigenvalue weighted by molar-refractivity contribution is 4.69. The van der Waals surface area contributed by atoms with E-state index in [1.165, 1.54) is 25.7 Å². The molecule has 1 rings (SSSR count). The van der Waals surface area contributed by atoms with Crippen molar-refractivity contribution in [1.29, 1.82) is 0 Å². The van der Waals surface area contributed by atoms with Crippen LogP contribution in [-0.2, 0) is 0 Å². The fraction of sp³-hybridized carbons (Fsp3) is 0.800. The first kappa shape index (κ1) is 10.7. The van der Waals surface area contributed by atoms with Crippen LogP contribution in [-0.4, -0.2) is 6.54 Å². The van der Waals surface area contributed by atoms with Crippen molar-refractivity contribution in [3.8, 4) is 0 Å². The lowest BCUT2D eigenvalue weighted by Gasteiger charge is -2.24. The molecule has 66 valence electrons. The van der Waals surface area contributed by atoms with Gasteiger partial charge in [-0.25, -0.2) is 0 Å². The van der Waals surface area contributed by atoms with Gasteiger partial charge >= 0.3 is 0 Å². The minimum absolute atomic E-state index is 0.848. The van der Waals surface area contributed by atoms with E-state index in [2.05, 4.69) is 20.1 Å². The van der Waals surface area contributed by atoms with Crippen molar-refractivity contribution in [2.24, 2.45) is 17.6 Å². The smallest absolute Gasteiger partial charge is 0.00489 e. The molecule has 2 N–H and O–H groups in total. The molecule has 1 aliphatic carbocycles. The molecule has 0 bridgehead atoms. The van der Waals surface area contributed by atoms with Crippen molar-refractivity contribution < 1.29 is 0 Å². The van der Waals surface area contributed by atoms with E-state index in [-0.39, 0.29) is 0 Å². The Hall–Kier alpha value is -0.300. The zero-order chi connectivity index (χ0) is 8.69. The summed E-state index contributed by atoms with van der Waals surface area (Å²) in [4.78, 5) is 0. The molecular formula is C10H21N. The number of hydrogen-bond donors (Lipinski definition) is 1. The third kappa shape index (κ3) is 4.20. The van der Waals surface area contributed by atoms with Crippen molar-refractivity contribution in [1.82, 2.24) is 0 Å². The summed E-state index contributed by atoms with van der Waals surface area (Å²) < 4.78 is 0. The zero-order valence-electron chi connectivity index (χ0n) is 7.68. The topological polar surface area (TPSA) is 26.0 Å². The second-order valence-electron chi connectivity index (χ2n) is 3.36. The van der Waals surface area contributed by atoms with Crippen molar-refractivity contribution in [2.75, 3.05) is 6.54 Å². The Kier molecular flexibility index (Phi) is 6.24. The first-order valence-corrected chi connectivity index (χ1v) is 4.53. The van der Waals surface area contributed by atoms with Crippen LogP contribution in [0.4, 0.5) is 0 Å². The molecule has 0 aromatic carbocycles. The van der Waals surface area contributed by atoms with Gasteiger partial charge in [-0.2, -0.15) is 0 Å². The molecule has 0 heterocycles. The predicted molar refractivity (Wildman–Crippen MR) is 51.4 cm³/mol. The van der Waals surface area contributed by atoms with Crippen LogP contribution in [0.3, 0.4) is 0 Å². The minimum Gasteiger partial charge on any atom is -0.330 e. The van der Waals surface area contributed by atoms with E-state index in [0.29, 0.717) is 0 Å². The Balaban J connectivity index is 0.000000461. The lowest BCUT2D eigenvalue weighted by atomic mass is 9.83. The molecule has 0 aromatic heterocycles. The summed E-state index contributed by atoms with van der Waals surface area (Å²) in [6.07, 6.45) is 5.55. The maximum Gasteiger partial charge on any atom is -0.00489 e.